The first-order valence-electron chi connectivity index (χ1n) is 9.37. The predicted molar refractivity (Wildman–Crippen MR) is 109 cm³/mol. The summed E-state index contributed by atoms with van der Waals surface area (Å²) in [4.78, 5) is 28.0. The number of carboxylic acids is 1. The van der Waals surface area contributed by atoms with E-state index in [4.69, 9.17) is 4.74 Å². The third-order valence-corrected chi connectivity index (χ3v) is 4.80. The Hall–Kier alpha value is -3.08. The van der Waals surface area contributed by atoms with E-state index in [1.54, 1.807) is 12.3 Å². The Labute approximate surface area is 164 Å². The van der Waals surface area contributed by atoms with Gasteiger partial charge in [-0.05, 0) is 57.0 Å². The molecule has 3 aromatic rings. The highest BCUT2D eigenvalue weighted by Crippen LogP contribution is 2.32. The number of aromatic amines is 1. The van der Waals surface area contributed by atoms with Crippen molar-refractivity contribution in [3.63, 3.8) is 0 Å². The Bertz CT molecular complexity index is 1030. The molecule has 0 bridgehead atoms. The molecule has 0 aliphatic heterocycles. The lowest BCUT2D eigenvalue weighted by molar-refractivity contribution is -0.138. The van der Waals surface area contributed by atoms with Crippen LogP contribution >= 0.6 is 0 Å². The topological polar surface area (TPSA) is 79.4 Å². The van der Waals surface area contributed by atoms with Gasteiger partial charge in [-0.2, -0.15) is 0 Å². The molecule has 0 fully saturated rings. The molecule has 0 radical (unpaired) electrons. The van der Waals surface area contributed by atoms with E-state index in [-0.39, 0.29) is 18.3 Å². The van der Waals surface area contributed by atoms with Gasteiger partial charge in [0, 0.05) is 29.1 Å². The molecule has 0 saturated carbocycles. The number of nitrogens with one attached hydrogen (secondary N) is 1. The van der Waals surface area contributed by atoms with Crippen LogP contribution in [0.2, 0.25) is 0 Å². The Kier molecular flexibility index (Phi) is 5.54. The molecular weight excluding hydrogens is 354 g/mol. The third-order valence-electron chi connectivity index (χ3n) is 4.80. The summed E-state index contributed by atoms with van der Waals surface area (Å²) in [5.74, 6) is -1.45. The minimum absolute atomic E-state index is 0.0150. The summed E-state index contributed by atoms with van der Waals surface area (Å²) in [6.07, 6.45) is 1.60. The molecule has 0 saturated heterocycles. The number of ether oxygens (including phenoxy) is 1. The van der Waals surface area contributed by atoms with Gasteiger partial charge in [0.1, 0.15) is 5.75 Å². The number of aryl methyl sites for hydroxylation is 2. The molecule has 0 spiro atoms. The van der Waals surface area contributed by atoms with Gasteiger partial charge in [0.2, 0.25) is 0 Å². The van der Waals surface area contributed by atoms with Crippen LogP contribution in [0.1, 0.15) is 53.2 Å². The highest BCUT2D eigenvalue weighted by Gasteiger charge is 2.27. The summed E-state index contributed by atoms with van der Waals surface area (Å²) in [5, 5.41) is 10.6. The number of ketones is 1. The van der Waals surface area contributed by atoms with Crippen LogP contribution in [-0.4, -0.2) is 27.9 Å². The fourth-order valence-electron chi connectivity index (χ4n) is 3.51. The number of carbonyl (C=O) groups is 2. The van der Waals surface area contributed by atoms with Gasteiger partial charge in [0.15, 0.2) is 5.78 Å². The molecule has 0 amide bonds. The number of aliphatic carboxylic acids is 1. The van der Waals surface area contributed by atoms with Crippen LogP contribution in [0.25, 0.3) is 10.9 Å². The zero-order valence-corrected chi connectivity index (χ0v) is 16.6. The van der Waals surface area contributed by atoms with E-state index >= 15 is 0 Å². The van der Waals surface area contributed by atoms with Crippen LogP contribution < -0.4 is 4.74 Å². The molecule has 2 aromatic carbocycles. The summed E-state index contributed by atoms with van der Waals surface area (Å²) in [5.41, 5.74) is 3.91. The lowest BCUT2D eigenvalue weighted by atomic mass is 9.90. The molecule has 2 N–H and O–H groups in total. The van der Waals surface area contributed by atoms with Gasteiger partial charge in [-0.25, -0.2) is 0 Å². The Morgan fingerprint density at radius 1 is 1.11 bits per heavy atom. The second-order valence-electron chi connectivity index (χ2n) is 7.45. The van der Waals surface area contributed by atoms with Crippen molar-refractivity contribution in [3.8, 4) is 5.75 Å². The van der Waals surface area contributed by atoms with Gasteiger partial charge in [-0.15, -0.1) is 0 Å². The zero-order valence-electron chi connectivity index (χ0n) is 16.6. The van der Waals surface area contributed by atoms with Crippen LogP contribution in [0.15, 0.2) is 42.6 Å². The first kappa shape index (κ1) is 19.7. The quantitative estimate of drug-likeness (QED) is 0.565. The van der Waals surface area contributed by atoms with Gasteiger partial charge < -0.3 is 14.8 Å². The predicted octanol–water partition coefficient (Wildman–Crippen LogP) is 5.01. The fraction of sp³-hybridized carbons (Fsp3) is 0.304. The van der Waals surface area contributed by atoms with E-state index < -0.39 is 11.9 Å². The molecule has 0 aliphatic rings. The number of fused-ring (bicyclic) bond motifs is 1. The molecule has 1 atom stereocenters. The van der Waals surface area contributed by atoms with E-state index in [1.165, 1.54) is 0 Å². The van der Waals surface area contributed by atoms with Crippen molar-refractivity contribution in [2.24, 2.45) is 0 Å². The second-order valence-corrected chi connectivity index (χ2v) is 7.45. The highest BCUT2D eigenvalue weighted by molar-refractivity contribution is 6.01. The minimum atomic E-state index is -1.02. The van der Waals surface area contributed by atoms with Gasteiger partial charge in [0.05, 0.1) is 12.0 Å². The Morgan fingerprint density at radius 2 is 1.86 bits per heavy atom. The van der Waals surface area contributed by atoms with E-state index in [0.717, 1.165) is 22.0 Å². The highest BCUT2D eigenvalue weighted by atomic mass is 16.5. The van der Waals surface area contributed by atoms with Crippen LogP contribution in [0, 0.1) is 13.8 Å². The van der Waals surface area contributed by atoms with Gasteiger partial charge in [-0.3, -0.25) is 9.59 Å². The van der Waals surface area contributed by atoms with Gasteiger partial charge in [0.25, 0.3) is 0 Å². The number of Topliss-reactive ketones (excluding diaryl/α,β-unsaturated/α-hetero) is 1. The second kappa shape index (κ2) is 7.89. The van der Waals surface area contributed by atoms with Crippen molar-refractivity contribution >= 4 is 22.7 Å². The number of hydrogen-bond donors (Lipinski definition) is 2. The largest absolute Gasteiger partial charge is 0.491 e. The average molecular weight is 379 g/mol. The molecule has 1 unspecified atom stereocenters. The molecule has 5 heteroatoms. The molecule has 0 aliphatic carbocycles. The SMILES string of the molecule is Cc1ccc(C(=O)CC(C(=O)O)c2c[nH]c3ccc(OC(C)C)cc23)c(C)c1. The molecular formula is C23H25NO4. The lowest BCUT2D eigenvalue weighted by Crippen LogP contribution is -2.17. The first-order chi connectivity index (χ1) is 13.3. The van der Waals surface area contributed by atoms with E-state index in [2.05, 4.69) is 4.98 Å². The van der Waals surface area contributed by atoms with Gasteiger partial charge in [-0.1, -0.05) is 23.8 Å². The fourth-order valence-corrected chi connectivity index (χ4v) is 3.51. The zero-order chi connectivity index (χ0) is 20.4. The Balaban J connectivity index is 1.96. The number of carbonyl (C=O) groups excluding carboxylic acids is 1. The van der Waals surface area contributed by atoms with Crippen LogP contribution in [-0.2, 0) is 4.79 Å². The van der Waals surface area contributed by atoms with Crippen LogP contribution in [0.5, 0.6) is 5.75 Å². The standard InChI is InChI=1S/C23H25NO4/c1-13(2)28-16-6-8-21-18(10-16)20(12-24-21)19(23(26)27)11-22(25)17-7-5-14(3)9-15(17)4/h5-10,12-13,19,24H,11H2,1-4H3,(H,26,27). The number of aromatic nitrogens is 1. The number of hydrogen-bond acceptors (Lipinski definition) is 3. The summed E-state index contributed by atoms with van der Waals surface area (Å²) in [6, 6.07) is 11.1. The summed E-state index contributed by atoms with van der Waals surface area (Å²) < 4.78 is 5.74. The maximum Gasteiger partial charge on any atom is 0.311 e. The summed E-state index contributed by atoms with van der Waals surface area (Å²) >= 11 is 0. The molecule has 5 nitrogen and oxygen atoms in total. The molecule has 1 heterocycles. The average Bonchev–Trinajstić information content (AvgIpc) is 3.01. The van der Waals surface area contributed by atoms with E-state index in [1.807, 2.05) is 58.0 Å². The maximum atomic E-state index is 12.8. The minimum Gasteiger partial charge on any atom is -0.491 e. The number of carboxylic acid groups (broad SMARTS) is 1. The van der Waals surface area contributed by atoms with Crippen molar-refractivity contribution in [1.29, 1.82) is 0 Å². The maximum absolute atomic E-state index is 12.8. The van der Waals surface area contributed by atoms with Crippen molar-refractivity contribution in [1.82, 2.24) is 4.98 Å². The van der Waals surface area contributed by atoms with Crippen molar-refractivity contribution in [3.05, 3.63) is 64.8 Å². The number of benzene rings is 2. The smallest absolute Gasteiger partial charge is 0.311 e. The summed E-state index contributed by atoms with van der Waals surface area (Å²) in [7, 11) is 0. The third kappa shape index (κ3) is 4.09. The van der Waals surface area contributed by atoms with E-state index in [9.17, 15) is 14.7 Å². The number of rotatable bonds is 7. The molecule has 146 valence electrons. The molecule has 3 rings (SSSR count). The monoisotopic (exact) mass is 379 g/mol. The van der Waals surface area contributed by atoms with Crippen molar-refractivity contribution in [2.75, 3.05) is 0 Å². The Morgan fingerprint density at radius 3 is 2.50 bits per heavy atom. The van der Waals surface area contributed by atoms with Crippen LogP contribution in [0.4, 0.5) is 0 Å². The van der Waals surface area contributed by atoms with Crippen LogP contribution in [0.3, 0.4) is 0 Å². The first-order valence-corrected chi connectivity index (χ1v) is 9.37. The van der Waals surface area contributed by atoms with Crippen molar-refractivity contribution in [2.45, 2.75) is 46.1 Å². The molecule has 1 aromatic heterocycles. The molecule has 28 heavy (non-hydrogen) atoms. The number of H-pyrrole nitrogens is 1. The van der Waals surface area contributed by atoms with E-state index in [0.29, 0.717) is 16.9 Å². The van der Waals surface area contributed by atoms with Crippen molar-refractivity contribution < 1.29 is 19.4 Å². The summed E-state index contributed by atoms with van der Waals surface area (Å²) in [6.45, 7) is 7.71. The normalized spacial score (nSPS) is 12.3. The van der Waals surface area contributed by atoms with Gasteiger partial charge >= 0.3 is 5.97 Å². The lowest BCUT2D eigenvalue weighted by Gasteiger charge is -2.14.